The quantitative estimate of drug-likeness (QED) is 0.813. The lowest BCUT2D eigenvalue weighted by atomic mass is 10.2. The molecule has 128 valence electrons. The van der Waals surface area contributed by atoms with E-state index < -0.39 is 9.84 Å². The van der Waals surface area contributed by atoms with Crippen LogP contribution in [-0.2, 0) is 14.6 Å². The van der Waals surface area contributed by atoms with Crippen LogP contribution in [0.15, 0.2) is 11.6 Å². The van der Waals surface area contributed by atoms with Crippen LogP contribution >= 0.6 is 11.3 Å². The number of rotatable bonds is 4. The summed E-state index contributed by atoms with van der Waals surface area (Å²) in [6, 6.07) is -0.469. The van der Waals surface area contributed by atoms with Gasteiger partial charge in [-0.15, -0.1) is 11.3 Å². The zero-order chi connectivity index (χ0) is 16.4. The zero-order valence-electron chi connectivity index (χ0n) is 13.1. The highest BCUT2D eigenvalue weighted by Crippen LogP contribution is 2.19. The molecule has 1 N–H and O–H groups in total. The Balaban J connectivity index is 1.49. The van der Waals surface area contributed by atoms with Gasteiger partial charge < -0.3 is 10.2 Å². The summed E-state index contributed by atoms with van der Waals surface area (Å²) < 4.78 is 22.9. The average molecular weight is 358 g/mol. The van der Waals surface area contributed by atoms with Gasteiger partial charge in [0, 0.05) is 43.8 Å². The number of sulfone groups is 1. The molecule has 2 aliphatic heterocycles. The van der Waals surface area contributed by atoms with Crippen LogP contribution in [0.5, 0.6) is 0 Å². The van der Waals surface area contributed by atoms with E-state index in [4.69, 9.17) is 0 Å². The highest BCUT2D eigenvalue weighted by atomic mass is 32.2. The highest BCUT2D eigenvalue weighted by molar-refractivity contribution is 7.91. The third kappa shape index (κ3) is 4.02. The Bertz CT molecular complexity index is 639. The van der Waals surface area contributed by atoms with Crippen molar-refractivity contribution in [1.29, 1.82) is 0 Å². The first-order valence-corrected chi connectivity index (χ1v) is 10.5. The molecule has 0 saturated carbocycles. The molecule has 2 saturated heterocycles. The van der Waals surface area contributed by atoms with Crippen LogP contribution in [0.2, 0.25) is 0 Å². The van der Waals surface area contributed by atoms with E-state index in [0.717, 1.165) is 31.3 Å². The standard InChI is InChI=1S/C14H22N4O3S2/c1-11(13(19)16-12-2-9-23(20,21)10-12)17-4-6-18(7-5-17)14-15-3-8-22-14/h3,8,11-12H,2,4-7,9-10H2,1H3,(H,16,19)/t11-,12+/m1/s1. The summed E-state index contributed by atoms with van der Waals surface area (Å²) in [6.45, 7) is 5.19. The van der Waals surface area contributed by atoms with Crippen LogP contribution in [0.4, 0.5) is 5.13 Å². The normalized spacial score (nSPS) is 26.1. The maximum Gasteiger partial charge on any atom is 0.237 e. The third-order valence-corrected chi connectivity index (χ3v) is 7.11. The van der Waals surface area contributed by atoms with Gasteiger partial charge in [-0.3, -0.25) is 9.69 Å². The highest BCUT2D eigenvalue weighted by Gasteiger charge is 2.32. The lowest BCUT2D eigenvalue weighted by molar-refractivity contribution is -0.126. The molecule has 7 nitrogen and oxygen atoms in total. The molecule has 2 atom stereocenters. The molecular weight excluding hydrogens is 336 g/mol. The fourth-order valence-electron chi connectivity index (χ4n) is 3.07. The summed E-state index contributed by atoms with van der Waals surface area (Å²) in [5.74, 6) is 0.178. The van der Waals surface area contributed by atoms with Crippen molar-refractivity contribution in [3.8, 4) is 0 Å². The minimum atomic E-state index is -2.96. The molecule has 3 rings (SSSR count). The van der Waals surface area contributed by atoms with E-state index in [9.17, 15) is 13.2 Å². The minimum Gasteiger partial charge on any atom is -0.351 e. The number of nitrogens with one attached hydrogen (secondary N) is 1. The van der Waals surface area contributed by atoms with E-state index in [-0.39, 0.29) is 29.5 Å². The molecular formula is C14H22N4O3S2. The number of carbonyl (C=O) groups excluding carboxylic acids is 1. The number of hydrogen-bond donors (Lipinski definition) is 1. The summed E-state index contributed by atoms with van der Waals surface area (Å²) in [5.41, 5.74) is 0. The second-order valence-corrected chi connectivity index (χ2v) is 9.22. The van der Waals surface area contributed by atoms with Crippen molar-refractivity contribution in [3.63, 3.8) is 0 Å². The van der Waals surface area contributed by atoms with E-state index in [1.807, 2.05) is 12.3 Å². The van der Waals surface area contributed by atoms with Gasteiger partial charge in [-0.25, -0.2) is 13.4 Å². The summed E-state index contributed by atoms with van der Waals surface area (Å²) in [6.07, 6.45) is 2.33. The fraction of sp³-hybridized carbons (Fsp3) is 0.714. The number of anilines is 1. The third-order valence-electron chi connectivity index (χ3n) is 4.51. The number of amides is 1. The van der Waals surface area contributed by atoms with Gasteiger partial charge in [-0.2, -0.15) is 0 Å². The molecule has 1 aromatic rings. The largest absolute Gasteiger partial charge is 0.351 e. The molecule has 2 fully saturated rings. The smallest absolute Gasteiger partial charge is 0.237 e. The number of nitrogens with zero attached hydrogens (tertiary/aromatic N) is 3. The van der Waals surface area contributed by atoms with Gasteiger partial charge >= 0.3 is 0 Å². The van der Waals surface area contributed by atoms with Crippen molar-refractivity contribution in [1.82, 2.24) is 15.2 Å². The first-order valence-electron chi connectivity index (χ1n) is 7.84. The summed E-state index contributed by atoms with van der Waals surface area (Å²) in [4.78, 5) is 21.0. The van der Waals surface area contributed by atoms with Crippen molar-refractivity contribution in [3.05, 3.63) is 11.6 Å². The molecule has 0 aromatic carbocycles. The summed E-state index contributed by atoms with van der Waals surface area (Å²) >= 11 is 1.63. The monoisotopic (exact) mass is 358 g/mol. The van der Waals surface area contributed by atoms with Crippen LogP contribution in [0, 0.1) is 0 Å². The lowest BCUT2D eigenvalue weighted by Crippen LogP contribution is -2.55. The molecule has 0 bridgehead atoms. The maximum atomic E-state index is 12.3. The van der Waals surface area contributed by atoms with E-state index in [2.05, 4.69) is 20.1 Å². The van der Waals surface area contributed by atoms with Crippen molar-refractivity contribution in [2.24, 2.45) is 0 Å². The van der Waals surface area contributed by atoms with E-state index in [1.165, 1.54) is 0 Å². The predicted octanol–water partition coefficient (Wildman–Crippen LogP) is -0.0431. The number of aromatic nitrogens is 1. The molecule has 23 heavy (non-hydrogen) atoms. The van der Waals surface area contributed by atoms with Gasteiger partial charge in [-0.1, -0.05) is 0 Å². The second-order valence-electron chi connectivity index (χ2n) is 6.12. The molecule has 0 radical (unpaired) electrons. The first kappa shape index (κ1) is 16.7. The first-order chi connectivity index (χ1) is 10.9. The number of carbonyl (C=O) groups is 1. The SMILES string of the molecule is C[C@H](C(=O)N[C@H]1CCS(=O)(=O)C1)N1CCN(c2nccs2)CC1. The number of thiazole rings is 1. The number of hydrogen-bond acceptors (Lipinski definition) is 7. The molecule has 0 aliphatic carbocycles. The van der Waals surface area contributed by atoms with E-state index in [1.54, 1.807) is 17.5 Å². The van der Waals surface area contributed by atoms with Crippen molar-refractivity contribution in [2.45, 2.75) is 25.4 Å². The molecule has 9 heteroatoms. The van der Waals surface area contributed by atoms with Crippen molar-refractivity contribution < 1.29 is 13.2 Å². The minimum absolute atomic E-state index is 0.0727. The van der Waals surface area contributed by atoms with Gasteiger partial charge in [0.25, 0.3) is 0 Å². The topological polar surface area (TPSA) is 82.6 Å². The average Bonchev–Trinajstić information content (AvgIpc) is 3.16. The molecule has 0 unspecified atom stereocenters. The maximum absolute atomic E-state index is 12.3. The molecule has 1 aromatic heterocycles. The molecule has 1 amide bonds. The second kappa shape index (κ2) is 6.74. The zero-order valence-corrected chi connectivity index (χ0v) is 14.8. The Morgan fingerprint density at radius 3 is 2.70 bits per heavy atom. The summed E-state index contributed by atoms with van der Waals surface area (Å²) in [7, 11) is -2.96. The van der Waals surface area contributed by atoms with Crippen LogP contribution in [0.1, 0.15) is 13.3 Å². The Labute approximate surface area is 140 Å². The summed E-state index contributed by atoms with van der Waals surface area (Å²) in [5, 5.41) is 5.88. The lowest BCUT2D eigenvalue weighted by Gasteiger charge is -2.37. The fourth-order valence-corrected chi connectivity index (χ4v) is 5.44. The van der Waals surface area contributed by atoms with Gasteiger partial charge in [0.2, 0.25) is 5.91 Å². The van der Waals surface area contributed by atoms with Crippen LogP contribution in [-0.4, -0.2) is 74.0 Å². The van der Waals surface area contributed by atoms with Crippen LogP contribution < -0.4 is 10.2 Å². The Morgan fingerprint density at radius 2 is 2.13 bits per heavy atom. The molecule has 0 spiro atoms. The van der Waals surface area contributed by atoms with Crippen molar-refractivity contribution >= 4 is 32.2 Å². The van der Waals surface area contributed by atoms with Gasteiger partial charge in [-0.05, 0) is 13.3 Å². The van der Waals surface area contributed by atoms with Gasteiger partial charge in [0.05, 0.1) is 17.5 Å². The Hall–Kier alpha value is -1.19. The van der Waals surface area contributed by atoms with Crippen LogP contribution in [0.25, 0.3) is 0 Å². The number of piperazine rings is 1. The van der Waals surface area contributed by atoms with Gasteiger partial charge in [0.15, 0.2) is 15.0 Å². The van der Waals surface area contributed by atoms with E-state index in [0.29, 0.717) is 6.42 Å². The Kier molecular flexibility index (Phi) is 4.88. The molecule has 3 heterocycles. The van der Waals surface area contributed by atoms with Gasteiger partial charge in [0.1, 0.15) is 0 Å². The predicted molar refractivity (Wildman–Crippen MR) is 90.6 cm³/mol. The molecule has 2 aliphatic rings. The van der Waals surface area contributed by atoms with Crippen LogP contribution in [0.3, 0.4) is 0 Å². The Morgan fingerprint density at radius 1 is 1.39 bits per heavy atom. The van der Waals surface area contributed by atoms with Crippen molar-refractivity contribution in [2.75, 3.05) is 42.6 Å². The van der Waals surface area contributed by atoms with E-state index >= 15 is 0 Å².